The molecule has 0 saturated carbocycles. The first-order valence-electron chi connectivity index (χ1n) is 9.60. The van der Waals surface area contributed by atoms with Gasteiger partial charge in [0, 0.05) is 17.8 Å². The number of rotatable bonds is 6. The Balaban J connectivity index is 1.50. The monoisotopic (exact) mass is 377 g/mol. The van der Waals surface area contributed by atoms with Gasteiger partial charge in [-0.3, -0.25) is 4.79 Å². The van der Waals surface area contributed by atoms with Crippen LogP contribution in [0, 0.1) is 0 Å². The Labute approximate surface area is 164 Å². The van der Waals surface area contributed by atoms with E-state index in [1.165, 1.54) is 21.6 Å². The van der Waals surface area contributed by atoms with Gasteiger partial charge in [0.1, 0.15) is 6.04 Å². The molecule has 4 heteroatoms. The molecule has 0 bridgehead atoms. The van der Waals surface area contributed by atoms with E-state index in [4.69, 9.17) is 0 Å². The first-order chi connectivity index (χ1) is 13.3. The zero-order valence-corrected chi connectivity index (χ0v) is 16.4. The summed E-state index contributed by atoms with van der Waals surface area (Å²) in [5.41, 5.74) is 4.95. The third-order valence-corrected chi connectivity index (χ3v) is 6.27. The number of hydrogen-bond donors (Lipinski definition) is 1. The number of fused-ring (bicyclic) bond motifs is 1. The van der Waals surface area contributed by atoms with Gasteiger partial charge in [-0.2, -0.15) is 0 Å². The fourth-order valence-corrected chi connectivity index (χ4v) is 4.62. The summed E-state index contributed by atoms with van der Waals surface area (Å²) in [5, 5.41) is 4.28. The smallest absolute Gasteiger partial charge is 0.282 e. The van der Waals surface area contributed by atoms with Crippen molar-refractivity contribution in [2.75, 3.05) is 18.0 Å². The van der Waals surface area contributed by atoms with Gasteiger partial charge in [0.15, 0.2) is 6.54 Å². The summed E-state index contributed by atoms with van der Waals surface area (Å²) in [6.07, 6.45) is 2.00. The summed E-state index contributed by atoms with van der Waals surface area (Å²) in [4.78, 5) is 16.1. The number of quaternary nitrogens is 1. The summed E-state index contributed by atoms with van der Waals surface area (Å²) >= 11 is 1.75. The van der Waals surface area contributed by atoms with Gasteiger partial charge in [0.05, 0.1) is 4.88 Å². The maximum atomic E-state index is 12.9. The molecular weight excluding hydrogens is 352 g/mol. The van der Waals surface area contributed by atoms with Crippen molar-refractivity contribution in [1.29, 1.82) is 0 Å². The van der Waals surface area contributed by atoms with Crippen LogP contribution in [-0.2, 0) is 17.6 Å². The van der Waals surface area contributed by atoms with E-state index < -0.39 is 0 Å². The minimum Gasteiger partial charge on any atom is -0.328 e. The molecule has 138 valence electrons. The molecule has 2 heterocycles. The molecule has 0 aliphatic carbocycles. The molecule has 0 spiro atoms. The number of aryl methyl sites for hydroxylation is 1. The molecule has 1 amide bonds. The SMILES string of the molecule is CCc1ccc([C@@H]([NH2+]CC(=O)N2CCc3ccccc32)c2cccs2)cc1. The molecule has 2 aromatic carbocycles. The molecule has 1 aromatic heterocycles. The van der Waals surface area contributed by atoms with E-state index in [-0.39, 0.29) is 11.9 Å². The lowest BCUT2D eigenvalue weighted by Crippen LogP contribution is -2.87. The van der Waals surface area contributed by atoms with Crippen LogP contribution in [0.15, 0.2) is 66.0 Å². The van der Waals surface area contributed by atoms with E-state index >= 15 is 0 Å². The average Bonchev–Trinajstić information content (AvgIpc) is 3.38. The summed E-state index contributed by atoms with van der Waals surface area (Å²) < 4.78 is 0. The molecule has 0 saturated heterocycles. The molecule has 1 atom stereocenters. The van der Waals surface area contributed by atoms with Crippen LogP contribution >= 0.6 is 11.3 Å². The molecule has 0 radical (unpaired) electrons. The van der Waals surface area contributed by atoms with E-state index in [1.807, 2.05) is 17.0 Å². The zero-order valence-electron chi connectivity index (χ0n) is 15.6. The van der Waals surface area contributed by atoms with Crippen LogP contribution in [0.25, 0.3) is 0 Å². The van der Waals surface area contributed by atoms with Crippen molar-refractivity contribution in [3.63, 3.8) is 0 Å². The third kappa shape index (κ3) is 3.82. The Kier molecular flexibility index (Phi) is 5.37. The van der Waals surface area contributed by atoms with Crippen LogP contribution in [-0.4, -0.2) is 19.0 Å². The molecule has 0 fully saturated rings. The number of carbonyl (C=O) groups excluding carboxylic acids is 1. The molecule has 1 aliphatic rings. The molecule has 0 unspecified atom stereocenters. The predicted molar refractivity (Wildman–Crippen MR) is 111 cm³/mol. The van der Waals surface area contributed by atoms with Crippen LogP contribution in [0.5, 0.6) is 0 Å². The van der Waals surface area contributed by atoms with Crippen molar-refractivity contribution in [1.82, 2.24) is 0 Å². The molecule has 3 nitrogen and oxygen atoms in total. The van der Waals surface area contributed by atoms with Gasteiger partial charge in [-0.05, 0) is 41.5 Å². The Hall–Kier alpha value is -2.43. The van der Waals surface area contributed by atoms with Crippen LogP contribution in [0.2, 0.25) is 0 Å². The lowest BCUT2D eigenvalue weighted by atomic mass is 10.0. The highest BCUT2D eigenvalue weighted by Gasteiger charge is 2.27. The highest BCUT2D eigenvalue weighted by molar-refractivity contribution is 7.10. The van der Waals surface area contributed by atoms with E-state index in [1.54, 1.807) is 11.3 Å². The lowest BCUT2D eigenvalue weighted by Gasteiger charge is -2.19. The van der Waals surface area contributed by atoms with Crippen LogP contribution in [0.3, 0.4) is 0 Å². The maximum absolute atomic E-state index is 12.9. The number of anilines is 1. The summed E-state index contributed by atoms with van der Waals surface area (Å²) in [7, 11) is 0. The standard InChI is InChI=1S/C23H24N2OS/c1-2-17-9-11-19(12-10-17)23(21-8-5-15-27-21)24-16-22(26)25-14-13-18-6-3-4-7-20(18)25/h3-12,15,23-24H,2,13-14,16H2,1H3/p+1/t23-/m1/s1. The van der Waals surface area contributed by atoms with E-state index in [9.17, 15) is 4.79 Å². The Morgan fingerprint density at radius 3 is 2.67 bits per heavy atom. The van der Waals surface area contributed by atoms with Crippen LogP contribution < -0.4 is 10.2 Å². The third-order valence-electron chi connectivity index (χ3n) is 5.31. The van der Waals surface area contributed by atoms with Crippen molar-refractivity contribution in [3.8, 4) is 0 Å². The molecule has 3 aromatic rings. The van der Waals surface area contributed by atoms with Gasteiger partial charge in [0.2, 0.25) is 0 Å². The molecule has 27 heavy (non-hydrogen) atoms. The number of carbonyl (C=O) groups is 1. The van der Waals surface area contributed by atoms with Gasteiger partial charge in [-0.15, -0.1) is 11.3 Å². The van der Waals surface area contributed by atoms with Crippen molar-refractivity contribution in [2.45, 2.75) is 25.8 Å². The number of nitrogens with zero attached hydrogens (tertiary/aromatic N) is 1. The van der Waals surface area contributed by atoms with Crippen LogP contribution in [0.4, 0.5) is 5.69 Å². The quantitative estimate of drug-likeness (QED) is 0.701. The molecule has 1 aliphatic heterocycles. The molecule has 4 rings (SSSR count). The second kappa shape index (κ2) is 8.07. The number of para-hydroxylation sites is 1. The molecule has 2 N–H and O–H groups in total. The first-order valence-corrected chi connectivity index (χ1v) is 10.5. The summed E-state index contributed by atoms with van der Waals surface area (Å²) in [6.45, 7) is 3.41. The Bertz CT molecular complexity index is 902. The minimum absolute atomic E-state index is 0.165. The van der Waals surface area contributed by atoms with Gasteiger partial charge in [-0.1, -0.05) is 55.5 Å². The van der Waals surface area contributed by atoms with E-state index in [0.717, 1.165) is 25.1 Å². The number of amides is 1. The summed E-state index contributed by atoms with van der Waals surface area (Å²) in [5.74, 6) is 0.187. The zero-order chi connectivity index (χ0) is 18.6. The van der Waals surface area contributed by atoms with Crippen LogP contribution in [0.1, 0.15) is 34.5 Å². The van der Waals surface area contributed by atoms with Crippen molar-refractivity contribution in [2.24, 2.45) is 0 Å². The van der Waals surface area contributed by atoms with Gasteiger partial charge in [0.25, 0.3) is 5.91 Å². The highest BCUT2D eigenvalue weighted by atomic mass is 32.1. The topological polar surface area (TPSA) is 36.9 Å². The minimum atomic E-state index is 0.165. The van der Waals surface area contributed by atoms with Gasteiger partial charge < -0.3 is 10.2 Å². The van der Waals surface area contributed by atoms with Crippen molar-refractivity contribution >= 4 is 22.9 Å². The number of benzene rings is 2. The fraction of sp³-hybridized carbons (Fsp3) is 0.261. The number of hydrogen-bond acceptors (Lipinski definition) is 2. The van der Waals surface area contributed by atoms with E-state index in [0.29, 0.717) is 6.54 Å². The summed E-state index contributed by atoms with van der Waals surface area (Å²) in [6, 6.07) is 21.4. The van der Waals surface area contributed by atoms with Crippen molar-refractivity contribution < 1.29 is 10.1 Å². The Morgan fingerprint density at radius 2 is 1.93 bits per heavy atom. The second-order valence-electron chi connectivity index (χ2n) is 6.95. The number of nitrogens with two attached hydrogens (primary N) is 1. The first kappa shape index (κ1) is 18.0. The van der Waals surface area contributed by atoms with E-state index in [2.05, 4.69) is 66.2 Å². The van der Waals surface area contributed by atoms with Gasteiger partial charge >= 0.3 is 0 Å². The second-order valence-corrected chi connectivity index (χ2v) is 7.93. The van der Waals surface area contributed by atoms with Gasteiger partial charge in [-0.25, -0.2) is 0 Å². The predicted octanol–water partition coefficient (Wildman–Crippen LogP) is 3.55. The number of thiophene rings is 1. The normalized spacial score (nSPS) is 14.2. The lowest BCUT2D eigenvalue weighted by molar-refractivity contribution is -0.676. The fourth-order valence-electron chi connectivity index (χ4n) is 3.77. The average molecular weight is 378 g/mol. The highest BCUT2D eigenvalue weighted by Crippen LogP contribution is 2.27. The van der Waals surface area contributed by atoms with Crippen molar-refractivity contribution in [3.05, 3.63) is 87.6 Å². The largest absolute Gasteiger partial charge is 0.328 e. The Morgan fingerprint density at radius 1 is 1.11 bits per heavy atom. The molecular formula is C23H25N2OS+. The maximum Gasteiger partial charge on any atom is 0.282 e.